The first-order valence-corrected chi connectivity index (χ1v) is 10.3. The molecule has 1 N–H and O–H groups in total. The van der Waals surface area contributed by atoms with Crippen molar-refractivity contribution in [3.63, 3.8) is 0 Å². The zero-order chi connectivity index (χ0) is 19.4. The molecule has 0 spiro atoms. The number of fused-ring (bicyclic) bond motifs is 5. The molecule has 4 aromatic rings. The fourth-order valence-electron chi connectivity index (χ4n) is 3.14. The Balaban J connectivity index is 1.82. The molecule has 3 aromatic carbocycles. The predicted molar refractivity (Wildman–Crippen MR) is 120 cm³/mol. The van der Waals surface area contributed by atoms with E-state index in [1.807, 2.05) is 19.9 Å². The Morgan fingerprint density at radius 1 is 0.963 bits per heavy atom. The Labute approximate surface area is 169 Å². The summed E-state index contributed by atoms with van der Waals surface area (Å²) in [5.41, 5.74) is -0.690. The lowest BCUT2D eigenvalue weighted by Gasteiger charge is -2.37. The van der Waals surface area contributed by atoms with Gasteiger partial charge in [-0.15, -0.1) is 11.3 Å². The normalized spacial score (nSPS) is 13.0. The third-order valence-corrected chi connectivity index (χ3v) is 7.24. The van der Waals surface area contributed by atoms with Crippen molar-refractivity contribution in [2.24, 2.45) is 0 Å². The fraction of sp³-hybridized carbons (Fsp3) is 0.273. The largest absolute Gasteiger partial charge is 0.427 e. The summed E-state index contributed by atoms with van der Waals surface area (Å²) in [5, 5.41) is 15.8. The number of hydrogen-bond acceptors (Lipinski definition) is 3. The molecule has 0 bridgehead atoms. The molecule has 4 rings (SSSR count). The Morgan fingerprint density at radius 3 is 2.44 bits per heavy atom. The Kier molecular flexibility index (Phi) is 4.51. The van der Waals surface area contributed by atoms with Crippen LogP contribution >= 0.6 is 22.9 Å². The molecular weight excluding hydrogens is 375 g/mol. The average Bonchev–Trinajstić information content (AvgIpc) is 3.00. The second kappa shape index (κ2) is 6.49. The molecule has 5 heteroatoms. The third kappa shape index (κ3) is 3.15. The molecule has 0 atom stereocenters. The molecule has 0 fully saturated rings. The van der Waals surface area contributed by atoms with Crippen molar-refractivity contribution >= 4 is 66.8 Å². The van der Waals surface area contributed by atoms with E-state index in [0.717, 1.165) is 15.9 Å². The van der Waals surface area contributed by atoms with Crippen LogP contribution in [0, 0.1) is 0 Å². The molecule has 0 radical (unpaired) electrons. The lowest BCUT2D eigenvalue weighted by molar-refractivity contribution is -0.0893. The molecular formula is C22H22BClO2S. The summed E-state index contributed by atoms with van der Waals surface area (Å²) in [5.74, 6) is 0. The van der Waals surface area contributed by atoms with E-state index in [-0.39, 0.29) is 0 Å². The number of halogens is 1. The van der Waals surface area contributed by atoms with Gasteiger partial charge in [0.2, 0.25) is 0 Å². The van der Waals surface area contributed by atoms with Crippen molar-refractivity contribution in [3.05, 3.63) is 53.6 Å². The van der Waals surface area contributed by atoms with Crippen molar-refractivity contribution < 1.29 is 9.76 Å². The number of rotatable bonds is 4. The van der Waals surface area contributed by atoms with Gasteiger partial charge >= 0.3 is 7.48 Å². The van der Waals surface area contributed by atoms with Gasteiger partial charge in [0, 0.05) is 25.2 Å². The highest BCUT2D eigenvalue weighted by molar-refractivity contribution is 7.26. The second-order valence-corrected chi connectivity index (χ2v) is 9.47. The lowest BCUT2D eigenvalue weighted by Crippen LogP contribution is -2.49. The number of hydrogen-bond donors (Lipinski definition) is 1. The molecule has 2 nitrogen and oxygen atoms in total. The Hall–Kier alpha value is -1.59. The summed E-state index contributed by atoms with van der Waals surface area (Å²) in [6.45, 7) is 7.31. The zero-order valence-corrected chi connectivity index (χ0v) is 17.5. The first-order chi connectivity index (χ1) is 12.7. The highest BCUT2D eigenvalue weighted by atomic mass is 35.5. The molecule has 1 heterocycles. The van der Waals surface area contributed by atoms with E-state index >= 15 is 0 Å². The maximum Gasteiger partial charge on any atom is 0.310 e. The van der Waals surface area contributed by atoms with Crippen LogP contribution in [0.15, 0.2) is 48.5 Å². The van der Waals surface area contributed by atoms with Crippen molar-refractivity contribution in [2.75, 3.05) is 0 Å². The van der Waals surface area contributed by atoms with Gasteiger partial charge in [-0.05, 0) is 50.0 Å². The van der Waals surface area contributed by atoms with Gasteiger partial charge < -0.3 is 9.76 Å². The van der Waals surface area contributed by atoms with Gasteiger partial charge in [0.05, 0.1) is 11.2 Å². The number of benzene rings is 3. The van der Waals surface area contributed by atoms with Crippen LogP contribution in [0.25, 0.3) is 30.9 Å². The van der Waals surface area contributed by atoms with Crippen LogP contribution in [0.2, 0.25) is 5.02 Å². The molecule has 0 saturated heterocycles. The van der Waals surface area contributed by atoms with Gasteiger partial charge in [0.1, 0.15) is 0 Å². The monoisotopic (exact) mass is 396 g/mol. The van der Waals surface area contributed by atoms with E-state index in [4.69, 9.17) is 16.3 Å². The Morgan fingerprint density at radius 2 is 1.70 bits per heavy atom. The molecule has 27 heavy (non-hydrogen) atoms. The van der Waals surface area contributed by atoms with Crippen LogP contribution in [-0.2, 0) is 4.65 Å². The highest BCUT2D eigenvalue weighted by Crippen LogP contribution is 2.40. The van der Waals surface area contributed by atoms with Crippen LogP contribution in [0.4, 0.5) is 0 Å². The summed E-state index contributed by atoms with van der Waals surface area (Å²) in [6, 6.07) is 16.9. The van der Waals surface area contributed by atoms with Gasteiger partial charge in [-0.25, -0.2) is 0 Å². The quantitative estimate of drug-likeness (QED) is 0.468. The first kappa shape index (κ1) is 18.8. The Bertz CT molecular complexity index is 1160. The zero-order valence-electron chi connectivity index (χ0n) is 16.0. The fourth-order valence-corrected chi connectivity index (χ4v) is 4.77. The summed E-state index contributed by atoms with van der Waals surface area (Å²) >= 11 is 8.60. The van der Waals surface area contributed by atoms with Gasteiger partial charge in [-0.2, -0.15) is 0 Å². The van der Waals surface area contributed by atoms with Crippen LogP contribution < -0.4 is 5.46 Å². The molecule has 0 aliphatic carbocycles. The van der Waals surface area contributed by atoms with Crippen LogP contribution in [0.3, 0.4) is 0 Å². The number of thiophene rings is 1. The molecule has 0 saturated carbocycles. The SMILES string of the molecule is CC(C)(O)C(C)(C)OBc1ccc2sc3c4ccccc4ccc3c2c1Cl. The topological polar surface area (TPSA) is 29.5 Å². The molecule has 138 valence electrons. The minimum absolute atomic E-state index is 0.358. The van der Waals surface area contributed by atoms with Gasteiger partial charge in [-0.3, -0.25) is 0 Å². The van der Waals surface area contributed by atoms with Gasteiger partial charge in [-0.1, -0.05) is 54.1 Å². The lowest BCUT2D eigenvalue weighted by atomic mass is 9.82. The standard InChI is InChI=1S/C22H22BClO2S/c1-21(2,25)22(3,4)26-23-16-11-12-17-18(19(16)24)15-10-9-13-7-5-6-8-14(13)20(15)27-17/h5-12,23,25H,1-4H3. The van der Waals surface area contributed by atoms with Crippen molar-refractivity contribution in [1.82, 2.24) is 0 Å². The van der Waals surface area contributed by atoms with Crippen molar-refractivity contribution in [3.8, 4) is 0 Å². The summed E-state index contributed by atoms with van der Waals surface area (Å²) in [6.07, 6.45) is 0. The average molecular weight is 397 g/mol. The first-order valence-electron chi connectivity index (χ1n) is 9.07. The van der Waals surface area contributed by atoms with Crippen LogP contribution in [0.1, 0.15) is 27.7 Å². The predicted octanol–water partition coefficient (Wildman–Crippen LogP) is 5.40. The van der Waals surface area contributed by atoms with Crippen molar-refractivity contribution in [1.29, 1.82) is 0 Å². The maximum absolute atomic E-state index is 10.3. The van der Waals surface area contributed by atoms with E-state index in [9.17, 15) is 5.11 Å². The minimum atomic E-state index is -0.947. The second-order valence-electron chi connectivity index (χ2n) is 8.04. The van der Waals surface area contributed by atoms with Crippen molar-refractivity contribution in [2.45, 2.75) is 38.9 Å². The highest BCUT2D eigenvalue weighted by Gasteiger charge is 2.35. The molecule has 0 unspecified atom stereocenters. The summed E-state index contributed by atoms with van der Waals surface area (Å²) < 4.78 is 8.48. The maximum atomic E-state index is 10.3. The molecule has 0 aliphatic heterocycles. The van der Waals surface area contributed by atoms with E-state index in [0.29, 0.717) is 7.48 Å². The van der Waals surface area contributed by atoms with Crippen LogP contribution in [0.5, 0.6) is 0 Å². The van der Waals surface area contributed by atoms with E-state index in [1.165, 1.54) is 25.6 Å². The molecule has 0 amide bonds. The van der Waals surface area contributed by atoms with Gasteiger partial charge in [0.15, 0.2) is 0 Å². The van der Waals surface area contributed by atoms with E-state index in [1.54, 1.807) is 25.2 Å². The number of aliphatic hydroxyl groups is 1. The molecule has 0 aliphatic rings. The van der Waals surface area contributed by atoms with Crippen LogP contribution in [-0.4, -0.2) is 23.8 Å². The van der Waals surface area contributed by atoms with Gasteiger partial charge in [0.25, 0.3) is 0 Å². The summed E-state index contributed by atoms with van der Waals surface area (Å²) in [7, 11) is 0.358. The van der Waals surface area contributed by atoms with E-state index in [2.05, 4.69) is 42.5 Å². The smallest absolute Gasteiger partial charge is 0.310 e. The minimum Gasteiger partial charge on any atom is -0.427 e. The summed E-state index contributed by atoms with van der Waals surface area (Å²) in [4.78, 5) is 0. The molecule has 1 aromatic heterocycles. The third-order valence-electron chi connectivity index (χ3n) is 5.61. The van der Waals surface area contributed by atoms with E-state index < -0.39 is 11.2 Å².